The van der Waals surface area contributed by atoms with Crippen LogP contribution in [0.25, 0.3) is 0 Å². The molecule has 0 unspecified atom stereocenters. The maximum atomic E-state index is 11.8. The molecule has 1 aliphatic carbocycles. The van der Waals surface area contributed by atoms with Gasteiger partial charge >= 0.3 is 0 Å². The highest BCUT2D eigenvalue weighted by molar-refractivity contribution is 5.75. The first kappa shape index (κ1) is 23.7. The third-order valence-electron chi connectivity index (χ3n) is 7.45. The van der Waals surface area contributed by atoms with Crippen molar-refractivity contribution in [2.45, 2.75) is 137 Å². The molecular weight excluding hydrogens is 316 g/mol. The smallest absolute Gasteiger partial charge is 0.130 e. The van der Waals surface area contributed by atoms with Crippen molar-refractivity contribution in [3.63, 3.8) is 0 Å². The van der Waals surface area contributed by atoms with Gasteiger partial charge in [0, 0.05) is 6.42 Å². The molecule has 0 amide bonds. The summed E-state index contributed by atoms with van der Waals surface area (Å²) in [6, 6.07) is 0. The molecule has 0 bridgehead atoms. The largest absolute Gasteiger partial charge is 0.300 e. The van der Waals surface area contributed by atoms with Crippen LogP contribution in [0.15, 0.2) is 0 Å². The van der Waals surface area contributed by atoms with Crippen molar-refractivity contribution in [2.24, 2.45) is 16.7 Å². The standard InChI is InChI=1S/C25H48O/c1-6-7-8-9-10-11-12-13-14-15-17-23(20-22(2)26)21-25(5)19-16-18-24(25,3)4/h23H,6-21H2,1-5H3/t23-,25+/m0/s1. The number of ketones is 1. The van der Waals surface area contributed by atoms with Crippen LogP contribution in [0.4, 0.5) is 0 Å². The fourth-order valence-corrected chi connectivity index (χ4v) is 5.18. The maximum Gasteiger partial charge on any atom is 0.130 e. The van der Waals surface area contributed by atoms with E-state index in [1.54, 1.807) is 6.92 Å². The average molecular weight is 365 g/mol. The molecule has 0 N–H and O–H groups in total. The summed E-state index contributed by atoms with van der Waals surface area (Å²) in [5.41, 5.74) is 0.880. The Hall–Kier alpha value is -0.330. The predicted octanol–water partition coefficient (Wildman–Crippen LogP) is 8.50. The molecule has 0 heterocycles. The number of Topliss-reactive ketones (excluding diaryl/α,β-unsaturated/α-hetero) is 1. The van der Waals surface area contributed by atoms with Crippen LogP contribution in [0, 0.1) is 16.7 Å². The minimum atomic E-state index is 0.390. The number of unbranched alkanes of at least 4 members (excludes halogenated alkanes) is 9. The molecule has 0 aromatic rings. The number of hydrogen-bond donors (Lipinski definition) is 0. The predicted molar refractivity (Wildman–Crippen MR) is 116 cm³/mol. The number of hydrogen-bond acceptors (Lipinski definition) is 1. The van der Waals surface area contributed by atoms with E-state index < -0.39 is 0 Å². The molecule has 1 heteroatoms. The third-order valence-corrected chi connectivity index (χ3v) is 7.45. The van der Waals surface area contributed by atoms with Gasteiger partial charge in [0.2, 0.25) is 0 Å². The molecule has 0 aliphatic heterocycles. The van der Waals surface area contributed by atoms with Gasteiger partial charge in [-0.2, -0.15) is 0 Å². The van der Waals surface area contributed by atoms with Crippen LogP contribution in [-0.4, -0.2) is 5.78 Å². The lowest BCUT2D eigenvalue weighted by Crippen LogP contribution is -2.32. The molecule has 0 aromatic carbocycles. The quantitative estimate of drug-likeness (QED) is 0.266. The molecule has 1 aliphatic rings. The lowest BCUT2D eigenvalue weighted by atomic mass is 9.64. The molecule has 154 valence electrons. The van der Waals surface area contributed by atoms with Crippen molar-refractivity contribution in [3.05, 3.63) is 0 Å². The molecule has 1 nitrogen and oxygen atoms in total. The lowest BCUT2D eigenvalue weighted by Gasteiger charge is -2.41. The molecular formula is C25H48O. The average Bonchev–Trinajstić information content (AvgIpc) is 2.81. The Bertz CT molecular complexity index is 384. The van der Waals surface area contributed by atoms with Gasteiger partial charge in [-0.3, -0.25) is 0 Å². The zero-order chi connectivity index (χ0) is 19.5. The molecule has 1 rings (SSSR count). The highest BCUT2D eigenvalue weighted by Gasteiger charge is 2.45. The summed E-state index contributed by atoms with van der Waals surface area (Å²) in [7, 11) is 0. The first-order chi connectivity index (χ1) is 12.3. The highest BCUT2D eigenvalue weighted by Crippen LogP contribution is 2.56. The Kier molecular flexibility index (Phi) is 11.1. The second-order valence-electron chi connectivity index (χ2n) is 10.2. The van der Waals surface area contributed by atoms with Crippen molar-refractivity contribution in [2.75, 3.05) is 0 Å². The summed E-state index contributed by atoms with van der Waals surface area (Å²) >= 11 is 0. The minimum Gasteiger partial charge on any atom is -0.300 e. The molecule has 2 atom stereocenters. The van der Waals surface area contributed by atoms with Crippen molar-refractivity contribution >= 4 is 5.78 Å². The first-order valence-electron chi connectivity index (χ1n) is 11.8. The van der Waals surface area contributed by atoms with Crippen LogP contribution >= 0.6 is 0 Å². The van der Waals surface area contributed by atoms with Crippen molar-refractivity contribution in [1.29, 1.82) is 0 Å². The Balaban J connectivity index is 2.23. The van der Waals surface area contributed by atoms with Gasteiger partial charge in [-0.05, 0) is 42.9 Å². The summed E-state index contributed by atoms with van der Waals surface area (Å²) in [5, 5.41) is 0. The molecule has 26 heavy (non-hydrogen) atoms. The van der Waals surface area contributed by atoms with Gasteiger partial charge in [0.25, 0.3) is 0 Å². The van der Waals surface area contributed by atoms with E-state index in [0.29, 0.717) is 22.5 Å². The van der Waals surface area contributed by atoms with Crippen molar-refractivity contribution in [1.82, 2.24) is 0 Å². The van der Waals surface area contributed by atoms with Gasteiger partial charge in [-0.1, -0.05) is 105 Å². The SMILES string of the molecule is CCCCCCCCCCCC[C@@H](CC(C)=O)C[C@@]1(C)CCCC1(C)C. The zero-order valence-electron chi connectivity index (χ0n) is 18.8. The van der Waals surface area contributed by atoms with E-state index in [1.807, 2.05) is 0 Å². The molecule has 0 spiro atoms. The van der Waals surface area contributed by atoms with Crippen LogP contribution < -0.4 is 0 Å². The molecule has 0 aromatic heterocycles. The number of carbonyl (C=O) groups is 1. The monoisotopic (exact) mass is 364 g/mol. The van der Waals surface area contributed by atoms with E-state index >= 15 is 0 Å². The fraction of sp³-hybridized carbons (Fsp3) is 0.960. The number of carbonyl (C=O) groups excluding carboxylic acids is 1. The summed E-state index contributed by atoms with van der Waals surface area (Å²) in [4.78, 5) is 11.8. The summed E-state index contributed by atoms with van der Waals surface area (Å²) in [6.45, 7) is 11.5. The molecule has 1 fully saturated rings. The second kappa shape index (κ2) is 12.2. The van der Waals surface area contributed by atoms with Gasteiger partial charge < -0.3 is 4.79 Å². The van der Waals surface area contributed by atoms with Gasteiger partial charge in [-0.25, -0.2) is 0 Å². The van der Waals surface area contributed by atoms with Crippen molar-refractivity contribution in [3.8, 4) is 0 Å². The highest BCUT2D eigenvalue weighted by atomic mass is 16.1. The lowest BCUT2D eigenvalue weighted by molar-refractivity contribution is -0.118. The Morgan fingerprint density at radius 1 is 0.846 bits per heavy atom. The third kappa shape index (κ3) is 8.57. The van der Waals surface area contributed by atoms with E-state index in [-0.39, 0.29) is 0 Å². The Labute approximate surface area is 165 Å². The molecule has 1 saturated carbocycles. The Morgan fingerprint density at radius 3 is 1.85 bits per heavy atom. The minimum absolute atomic E-state index is 0.390. The van der Waals surface area contributed by atoms with Gasteiger partial charge in [-0.15, -0.1) is 0 Å². The molecule has 0 saturated heterocycles. The van der Waals surface area contributed by atoms with E-state index in [9.17, 15) is 4.79 Å². The zero-order valence-corrected chi connectivity index (χ0v) is 18.8. The molecule has 0 radical (unpaired) electrons. The van der Waals surface area contributed by atoms with Crippen LogP contribution in [0.5, 0.6) is 0 Å². The number of rotatable bonds is 15. The van der Waals surface area contributed by atoms with E-state index in [0.717, 1.165) is 6.42 Å². The first-order valence-corrected chi connectivity index (χ1v) is 11.8. The van der Waals surface area contributed by atoms with Gasteiger partial charge in [0.05, 0.1) is 0 Å². The van der Waals surface area contributed by atoms with Crippen LogP contribution in [0.2, 0.25) is 0 Å². The van der Waals surface area contributed by atoms with Crippen LogP contribution in [0.1, 0.15) is 137 Å². The van der Waals surface area contributed by atoms with Crippen LogP contribution in [0.3, 0.4) is 0 Å². The van der Waals surface area contributed by atoms with E-state index in [1.165, 1.54) is 96.3 Å². The summed E-state index contributed by atoms with van der Waals surface area (Å²) in [5.74, 6) is 1.01. The second-order valence-corrected chi connectivity index (χ2v) is 10.2. The topological polar surface area (TPSA) is 17.1 Å². The van der Waals surface area contributed by atoms with E-state index in [4.69, 9.17) is 0 Å². The fourth-order valence-electron chi connectivity index (χ4n) is 5.18. The maximum absolute atomic E-state index is 11.8. The van der Waals surface area contributed by atoms with E-state index in [2.05, 4.69) is 27.7 Å². The van der Waals surface area contributed by atoms with Gasteiger partial charge in [0.1, 0.15) is 5.78 Å². The van der Waals surface area contributed by atoms with Crippen molar-refractivity contribution < 1.29 is 4.79 Å². The summed E-state index contributed by atoms with van der Waals surface area (Å²) in [6.07, 6.45) is 21.4. The normalized spacial score (nSPS) is 23.3. The Morgan fingerprint density at radius 2 is 1.38 bits per heavy atom. The van der Waals surface area contributed by atoms with Gasteiger partial charge in [0.15, 0.2) is 0 Å². The summed E-state index contributed by atoms with van der Waals surface area (Å²) < 4.78 is 0. The van der Waals surface area contributed by atoms with Crippen LogP contribution in [-0.2, 0) is 4.79 Å².